The van der Waals surface area contributed by atoms with Crippen LogP contribution in [-0.2, 0) is 21.1 Å². The van der Waals surface area contributed by atoms with Crippen molar-refractivity contribution in [2.45, 2.75) is 37.1 Å². The second-order valence-corrected chi connectivity index (χ2v) is 7.56. The minimum atomic E-state index is -3.45. The summed E-state index contributed by atoms with van der Waals surface area (Å²) in [5.74, 6) is -1.66. The molecule has 0 aliphatic heterocycles. The van der Waals surface area contributed by atoms with Gasteiger partial charge in [0.1, 0.15) is 6.04 Å². The quantitative estimate of drug-likeness (QED) is 0.819. The van der Waals surface area contributed by atoms with Crippen LogP contribution in [0, 0.1) is 5.92 Å². The van der Waals surface area contributed by atoms with Crippen molar-refractivity contribution in [3.63, 3.8) is 0 Å². The van der Waals surface area contributed by atoms with Gasteiger partial charge in [-0.15, -0.1) is 0 Å². The fourth-order valence-electron chi connectivity index (χ4n) is 2.37. The molecule has 120 valence electrons. The number of benzene rings is 1. The zero-order chi connectivity index (χ0) is 16.5. The molecule has 1 amide bonds. The first-order valence-electron chi connectivity index (χ1n) is 7.10. The molecule has 1 atom stereocenters. The van der Waals surface area contributed by atoms with Crippen molar-refractivity contribution in [3.05, 3.63) is 29.3 Å². The summed E-state index contributed by atoms with van der Waals surface area (Å²) in [7, 11) is -3.45. The number of carbonyl (C=O) groups excluding carboxylic acids is 1. The summed E-state index contributed by atoms with van der Waals surface area (Å²) in [6, 6.07) is 3.52. The van der Waals surface area contributed by atoms with Crippen LogP contribution < -0.4 is 5.32 Å². The number of hydrogen-bond donors (Lipinski definition) is 2. The molecule has 0 bridgehead atoms. The summed E-state index contributed by atoms with van der Waals surface area (Å²) in [6.07, 6.45) is 3.18. The molecule has 1 aromatic carbocycles. The fraction of sp³-hybridized carbons (Fsp3) is 0.467. The molecule has 0 aromatic heterocycles. The summed E-state index contributed by atoms with van der Waals surface area (Å²) in [6.45, 7) is 1.83. The highest BCUT2D eigenvalue weighted by molar-refractivity contribution is 7.90. The Hall–Kier alpha value is -1.89. The van der Waals surface area contributed by atoms with Crippen LogP contribution in [0.15, 0.2) is 23.1 Å². The molecule has 1 saturated carbocycles. The predicted molar refractivity (Wildman–Crippen MR) is 80.5 cm³/mol. The third-order valence-electron chi connectivity index (χ3n) is 3.76. The van der Waals surface area contributed by atoms with Gasteiger partial charge in [-0.1, -0.05) is 13.0 Å². The molecule has 1 aliphatic carbocycles. The van der Waals surface area contributed by atoms with Crippen LogP contribution in [0.4, 0.5) is 0 Å². The molecule has 0 saturated heterocycles. The zero-order valence-corrected chi connectivity index (χ0v) is 13.3. The highest BCUT2D eigenvalue weighted by Crippen LogP contribution is 2.33. The number of hydrogen-bond acceptors (Lipinski definition) is 4. The lowest BCUT2D eigenvalue weighted by Crippen LogP contribution is -2.42. The normalized spacial score (nSPS) is 16.1. The van der Waals surface area contributed by atoms with Gasteiger partial charge in [-0.05, 0) is 42.9 Å². The average molecular weight is 325 g/mol. The number of sulfone groups is 1. The van der Waals surface area contributed by atoms with E-state index in [9.17, 15) is 18.0 Å². The van der Waals surface area contributed by atoms with Gasteiger partial charge in [-0.2, -0.15) is 0 Å². The van der Waals surface area contributed by atoms with Crippen LogP contribution in [0.3, 0.4) is 0 Å². The lowest BCUT2D eigenvalue weighted by Gasteiger charge is -2.14. The predicted octanol–water partition coefficient (Wildman–Crippen LogP) is 1.25. The minimum Gasteiger partial charge on any atom is -0.480 e. The van der Waals surface area contributed by atoms with E-state index in [1.54, 1.807) is 6.07 Å². The van der Waals surface area contributed by atoms with E-state index in [0.29, 0.717) is 12.0 Å². The second-order valence-electron chi connectivity index (χ2n) is 5.58. The van der Waals surface area contributed by atoms with E-state index in [-0.39, 0.29) is 16.4 Å². The maximum atomic E-state index is 12.2. The van der Waals surface area contributed by atoms with Gasteiger partial charge >= 0.3 is 5.97 Å². The van der Waals surface area contributed by atoms with Gasteiger partial charge in [-0.3, -0.25) is 4.79 Å². The van der Waals surface area contributed by atoms with Crippen molar-refractivity contribution in [2.24, 2.45) is 5.92 Å². The van der Waals surface area contributed by atoms with E-state index in [4.69, 9.17) is 5.11 Å². The maximum Gasteiger partial charge on any atom is 0.326 e. The SMILES string of the molecule is CCc1ccc(C(=O)NC(C(=O)O)C2CC2)cc1S(C)(=O)=O. The van der Waals surface area contributed by atoms with Gasteiger partial charge in [0.15, 0.2) is 9.84 Å². The lowest BCUT2D eigenvalue weighted by molar-refractivity contribution is -0.139. The second kappa shape index (κ2) is 6.08. The molecule has 0 radical (unpaired) electrons. The van der Waals surface area contributed by atoms with Gasteiger partial charge in [-0.25, -0.2) is 13.2 Å². The van der Waals surface area contributed by atoms with Gasteiger partial charge in [0.25, 0.3) is 5.91 Å². The lowest BCUT2D eigenvalue weighted by atomic mass is 10.1. The van der Waals surface area contributed by atoms with E-state index in [2.05, 4.69) is 5.32 Å². The van der Waals surface area contributed by atoms with Crippen molar-refractivity contribution in [1.82, 2.24) is 5.32 Å². The molecule has 1 fully saturated rings. The standard InChI is InChI=1S/C15H19NO5S/c1-3-9-4-7-11(8-12(9)22(2,20)21)14(17)16-13(15(18)19)10-5-6-10/h4,7-8,10,13H,3,5-6H2,1-2H3,(H,16,17)(H,18,19). The third kappa shape index (κ3) is 3.65. The molecule has 22 heavy (non-hydrogen) atoms. The average Bonchev–Trinajstić information content (AvgIpc) is 3.26. The molecule has 1 aliphatic rings. The van der Waals surface area contributed by atoms with Crippen molar-refractivity contribution >= 4 is 21.7 Å². The monoisotopic (exact) mass is 325 g/mol. The summed E-state index contributed by atoms with van der Waals surface area (Å²) < 4.78 is 23.6. The van der Waals surface area contributed by atoms with Crippen LogP contribution in [-0.4, -0.2) is 37.7 Å². The summed E-state index contributed by atoms with van der Waals surface area (Å²) in [4.78, 5) is 23.5. The highest BCUT2D eigenvalue weighted by Gasteiger charge is 2.37. The fourth-order valence-corrected chi connectivity index (χ4v) is 3.40. The minimum absolute atomic E-state index is 0.0363. The number of carboxylic acid groups (broad SMARTS) is 1. The van der Waals surface area contributed by atoms with Crippen molar-refractivity contribution in [3.8, 4) is 0 Å². The van der Waals surface area contributed by atoms with Crippen LogP contribution in [0.25, 0.3) is 0 Å². The first kappa shape index (κ1) is 16.5. The van der Waals surface area contributed by atoms with Crippen LogP contribution >= 0.6 is 0 Å². The number of aryl methyl sites for hydroxylation is 1. The molecule has 1 aromatic rings. The number of nitrogens with one attached hydrogen (secondary N) is 1. The summed E-state index contributed by atoms with van der Waals surface area (Å²) in [5, 5.41) is 11.6. The molecular weight excluding hydrogens is 306 g/mol. The largest absolute Gasteiger partial charge is 0.480 e. The van der Waals surface area contributed by atoms with Crippen molar-refractivity contribution in [2.75, 3.05) is 6.26 Å². The molecule has 2 rings (SSSR count). The van der Waals surface area contributed by atoms with E-state index in [1.807, 2.05) is 6.92 Å². The number of aliphatic carboxylic acids is 1. The third-order valence-corrected chi connectivity index (χ3v) is 4.93. The maximum absolute atomic E-state index is 12.2. The van der Waals surface area contributed by atoms with E-state index < -0.39 is 27.8 Å². The molecule has 0 spiro atoms. The van der Waals surface area contributed by atoms with Crippen molar-refractivity contribution in [1.29, 1.82) is 0 Å². The molecule has 0 heterocycles. The Kier molecular flexibility index (Phi) is 4.55. The smallest absolute Gasteiger partial charge is 0.326 e. The van der Waals surface area contributed by atoms with Gasteiger partial charge in [0.05, 0.1) is 4.90 Å². The number of carbonyl (C=O) groups is 2. The summed E-state index contributed by atoms with van der Waals surface area (Å²) in [5.41, 5.74) is 0.792. The van der Waals surface area contributed by atoms with Gasteiger partial charge in [0.2, 0.25) is 0 Å². The molecule has 6 nitrogen and oxygen atoms in total. The van der Waals surface area contributed by atoms with E-state index in [0.717, 1.165) is 19.1 Å². The van der Waals surface area contributed by atoms with Crippen molar-refractivity contribution < 1.29 is 23.1 Å². The zero-order valence-electron chi connectivity index (χ0n) is 12.5. The Morgan fingerprint density at radius 1 is 1.36 bits per heavy atom. The number of rotatable bonds is 6. The Balaban J connectivity index is 2.28. The van der Waals surface area contributed by atoms with E-state index >= 15 is 0 Å². The van der Waals surface area contributed by atoms with Gasteiger partial charge < -0.3 is 10.4 Å². The highest BCUT2D eigenvalue weighted by atomic mass is 32.2. The summed E-state index contributed by atoms with van der Waals surface area (Å²) >= 11 is 0. The first-order valence-corrected chi connectivity index (χ1v) is 8.99. The molecule has 7 heteroatoms. The molecular formula is C15H19NO5S. The molecule has 1 unspecified atom stereocenters. The number of amides is 1. The van der Waals surface area contributed by atoms with Gasteiger partial charge in [0, 0.05) is 11.8 Å². The van der Waals surface area contributed by atoms with Crippen LogP contribution in [0.5, 0.6) is 0 Å². The van der Waals surface area contributed by atoms with Crippen LogP contribution in [0.1, 0.15) is 35.7 Å². The Bertz CT molecular complexity index is 707. The Labute approximate surface area is 129 Å². The topological polar surface area (TPSA) is 101 Å². The number of carboxylic acids is 1. The Morgan fingerprint density at radius 2 is 2.00 bits per heavy atom. The molecule has 2 N–H and O–H groups in total. The Morgan fingerprint density at radius 3 is 2.45 bits per heavy atom. The first-order chi connectivity index (χ1) is 10.2. The van der Waals surface area contributed by atoms with Crippen LogP contribution in [0.2, 0.25) is 0 Å². The van der Waals surface area contributed by atoms with E-state index in [1.165, 1.54) is 12.1 Å².